The molecule has 3 heterocycles. The lowest BCUT2D eigenvalue weighted by atomic mass is 10.2. The van der Waals surface area contributed by atoms with Gasteiger partial charge >= 0.3 is 0 Å². The van der Waals surface area contributed by atoms with Crippen LogP contribution in [-0.4, -0.2) is 9.97 Å². The van der Waals surface area contributed by atoms with E-state index in [1.807, 2.05) is 25.5 Å². The lowest BCUT2D eigenvalue weighted by molar-refractivity contribution is 1.23. The highest BCUT2D eigenvalue weighted by Crippen LogP contribution is 2.32. The van der Waals surface area contributed by atoms with Crippen LogP contribution in [0.2, 0.25) is 0 Å². The van der Waals surface area contributed by atoms with Crippen molar-refractivity contribution in [1.29, 1.82) is 0 Å². The Morgan fingerprint density at radius 3 is 3.00 bits per heavy atom. The van der Waals surface area contributed by atoms with Crippen LogP contribution in [-0.2, 0) is 0 Å². The average Bonchev–Trinajstić information content (AvgIpc) is 2.56. The van der Waals surface area contributed by atoms with Gasteiger partial charge in [-0.2, -0.15) is 0 Å². The summed E-state index contributed by atoms with van der Waals surface area (Å²) >= 11 is 1.77. The molecule has 68 valence electrons. The number of hydrogen-bond donors (Lipinski definition) is 0. The molecule has 0 N–H and O–H groups in total. The van der Waals surface area contributed by atoms with Crippen LogP contribution in [0, 0.1) is 6.92 Å². The third kappa shape index (κ3) is 1.02. The number of pyridine rings is 2. The third-order valence-electron chi connectivity index (χ3n) is 2.30. The third-order valence-corrected chi connectivity index (χ3v) is 3.42. The number of fused-ring (bicyclic) bond motifs is 3. The molecule has 0 aliphatic heterocycles. The zero-order valence-electron chi connectivity index (χ0n) is 7.69. The van der Waals surface area contributed by atoms with Gasteiger partial charge in [-0.3, -0.25) is 9.97 Å². The minimum atomic E-state index is 1.06. The van der Waals surface area contributed by atoms with Crippen molar-refractivity contribution in [2.75, 3.05) is 0 Å². The lowest BCUT2D eigenvalue weighted by Gasteiger charge is -1.91. The summed E-state index contributed by atoms with van der Waals surface area (Å²) in [4.78, 5) is 8.44. The van der Waals surface area contributed by atoms with Gasteiger partial charge in [-0.1, -0.05) is 0 Å². The molecule has 0 radical (unpaired) electrons. The monoisotopic (exact) mass is 200 g/mol. The fourth-order valence-corrected chi connectivity index (χ4v) is 2.65. The van der Waals surface area contributed by atoms with E-state index < -0.39 is 0 Å². The number of rotatable bonds is 0. The van der Waals surface area contributed by atoms with Gasteiger partial charge in [-0.05, 0) is 19.1 Å². The molecule has 3 heteroatoms. The Hall–Kier alpha value is -1.48. The van der Waals surface area contributed by atoms with Gasteiger partial charge in [-0.25, -0.2) is 0 Å². The summed E-state index contributed by atoms with van der Waals surface area (Å²) in [6.45, 7) is 2.01. The second-order valence-electron chi connectivity index (χ2n) is 3.30. The van der Waals surface area contributed by atoms with Crippen molar-refractivity contribution >= 4 is 31.5 Å². The minimum absolute atomic E-state index is 1.06. The Bertz CT molecular complexity index is 613. The summed E-state index contributed by atoms with van der Waals surface area (Å²) in [5.41, 5.74) is 1.06. The molecule has 2 nitrogen and oxygen atoms in total. The number of aromatic nitrogens is 2. The van der Waals surface area contributed by atoms with Crippen molar-refractivity contribution in [1.82, 2.24) is 9.97 Å². The van der Waals surface area contributed by atoms with Crippen LogP contribution in [0.3, 0.4) is 0 Å². The molecule has 0 saturated carbocycles. The van der Waals surface area contributed by atoms with E-state index >= 15 is 0 Å². The van der Waals surface area contributed by atoms with Gasteiger partial charge in [0.05, 0.1) is 4.70 Å². The first kappa shape index (κ1) is 7.88. The van der Waals surface area contributed by atoms with Crippen LogP contribution in [0.4, 0.5) is 0 Å². The molecule has 0 aliphatic carbocycles. The summed E-state index contributed by atoms with van der Waals surface area (Å²) in [6.07, 6.45) is 5.70. The highest BCUT2D eigenvalue weighted by Gasteiger charge is 2.04. The van der Waals surface area contributed by atoms with Crippen LogP contribution in [0.5, 0.6) is 0 Å². The molecule has 0 amide bonds. The van der Waals surface area contributed by atoms with Gasteiger partial charge in [0.25, 0.3) is 0 Å². The molecule has 0 bridgehead atoms. The predicted molar refractivity (Wildman–Crippen MR) is 59.7 cm³/mol. The van der Waals surface area contributed by atoms with E-state index in [4.69, 9.17) is 0 Å². The highest BCUT2D eigenvalue weighted by molar-refractivity contribution is 7.25. The normalized spacial score (nSPS) is 11.2. The van der Waals surface area contributed by atoms with Crippen molar-refractivity contribution in [3.63, 3.8) is 0 Å². The Balaban J connectivity index is 2.58. The zero-order valence-corrected chi connectivity index (χ0v) is 8.51. The second kappa shape index (κ2) is 2.75. The molecular weight excluding hydrogens is 192 g/mol. The Morgan fingerprint density at radius 2 is 2.07 bits per heavy atom. The lowest BCUT2D eigenvalue weighted by Crippen LogP contribution is -1.77. The first-order chi connectivity index (χ1) is 6.84. The Kier molecular flexibility index (Phi) is 1.55. The topological polar surface area (TPSA) is 25.8 Å². The maximum absolute atomic E-state index is 4.29. The molecular formula is C11H8N2S. The van der Waals surface area contributed by atoms with Crippen molar-refractivity contribution in [3.8, 4) is 0 Å². The summed E-state index contributed by atoms with van der Waals surface area (Å²) < 4.78 is 2.51. The zero-order chi connectivity index (χ0) is 9.54. The minimum Gasteiger partial charge on any atom is -0.264 e. The van der Waals surface area contributed by atoms with E-state index in [1.54, 1.807) is 11.3 Å². The van der Waals surface area contributed by atoms with Crippen molar-refractivity contribution in [2.24, 2.45) is 0 Å². The first-order valence-electron chi connectivity index (χ1n) is 4.43. The first-order valence-corrected chi connectivity index (χ1v) is 5.25. The van der Waals surface area contributed by atoms with Crippen LogP contribution in [0.1, 0.15) is 5.69 Å². The van der Waals surface area contributed by atoms with E-state index in [0.717, 1.165) is 5.69 Å². The molecule has 0 fully saturated rings. The van der Waals surface area contributed by atoms with Gasteiger partial charge in [0.2, 0.25) is 0 Å². The van der Waals surface area contributed by atoms with Crippen LogP contribution in [0.25, 0.3) is 20.2 Å². The van der Waals surface area contributed by atoms with Crippen LogP contribution >= 0.6 is 11.3 Å². The maximum Gasteiger partial charge on any atom is 0.0539 e. The molecule has 0 atom stereocenters. The number of nitrogens with zero attached hydrogens (tertiary/aromatic N) is 2. The van der Waals surface area contributed by atoms with Crippen molar-refractivity contribution in [3.05, 3.63) is 36.4 Å². The molecule has 3 aromatic rings. The number of thiophene rings is 1. The quantitative estimate of drug-likeness (QED) is 0.557. The molecule has 0 unspecified atom stereocenters. The Morgan fingerprint density at radius 1 is 1.14 bits per heavy atom. The van der Waals surface area contributed by atoms with E-state index in [2.05, 4.69) is 22.1 Å². The van der Waals surface area contributed by atoms with Gasteiger partial charge in [0, 0.05) is 39.8 Å². The molecule has 0 spiro atoms. The highest BCUT2D eigenvalue weighted by atomic mass is 32.1. The standard InChI is InChI=1S/C11H8N2S/c1-7-4-8-9-5-12-3-2-10(9)14-11(8)6-13-7/h2-6H,1H3. The largest absolute Gasteiger partial charge is 0.264 e. The van der Waals surface area contributed by atoms with Crippen LogP contribution in [0.15, 0.2) is 30.7 Å². The summed E-state index contributed by atoms with van der Waals surface area (Å²) in [6, 6.07) is 4.17. The van der Waals surface area contributed by atoms with E-state index in [-0.39, 0.29) is 0 Å². The molecule has 0 aromatic carbocycles. The van der Waals surface area contributed by atoms with Crippen LogP contribution < -0.4 is 0 Å². The molecule has 14 heavy (non-hydrogen) atoms. The molecule has 3 rings (SSSR count). The van der Waals surface area contributed by atoms with Gasteiger partial charge < -0.3 is 0 Å². The van der Waals surface area contributed by atoms with Gasteiger partial charge in [0.1, 0.15) is 0 Å². The summed E-state index contributed by atoms with van der Waals surface area (Å²) in [5, 5.41) is 2.50. The van der Waals surface area contributed by atoms with Gasteiger partial charge in [-0.15, -0.1) is 11.3 Å². The van der Waals surface area contributed by atoms with E-state index in [0.29, 0.717) is 0 Å². The molecule has 3 aromatic heterocycles. The van der Waals surface area contributed by atoms with E-state index in [9.17, 15) is 0 Å². The van der Waals surface area contributed by atoms with Crippen molar-refractivity contribution < 1.29 is 0 Å². The summed E-state index contributed by atoms with van der Waals surface area (Å²) in [7, 11) is 0. The molecule has 0 saturated heterocycles. The Labute approximate surface area is 85.2 Å². The molecule has 0 aliphatic rings. The fraction of sp³-hybridized carbons (Fsp3) is 0.0909. The average molecular weight is 200 g/mol. The predicted octanol–water partition coefficient (Wildman–Crippen LogP) is 3.15. The van der Waals surface area contributed by atoms with Crippen molar-refractivity contribution in [2.45, 2.75) is 6.92 Å². The maximum atomic E-state index is 4.29. The fourth-order valence-electron chi connectivity index (χ4n) is 1.63. The smallest absolute Gasteiger partial charge is 0.0539 e. The van der Waals surface area contributed by atoms with E-state index in [1.165, 1.54) is 20.2 Å². The SMILES string of the molecule is Cc1cc2c(cn1)sc1ccncc12. The number of aryl methyl sites for hydroxylation is 1. The number of hydrogen-bond acceptors (Lipinski definition) is 3. The second-order valence-corrected chi connectivity index (χ2v) is 4.38. The summed E-state index contributed by atoms with van der Waals surface area (Å²) in [5.74, 6) is 0. The van der Waals surface area contributed by atoms with Gasteiger partial charge in [0.15, 0.2) is 0 Å².